The molecule has 24 heavy (non-hydrogen) atoms. The van der Waals surface area contributed by atoms with Crippen molar-refractivity contribution in [3.8, 4) is 11.5 Å². The van der Waals surface area contributed by atoms with Crippen LogP contribution in [0.3, 0.4) is 0 Å². The summed E-state index contributed by atoms with van der Waals surface area (Å²) in [4.78, 5) is 16.6. The number of methoxy groups -OCH3 is 1. The van der Waals surface area contributed by atoms with Crippen LogP contribution in [0.4, 0.5) is 5.69 Å². The highest BCUT2D eigenvalue weighted by Crippen LogP contribution is 2.25. The molecule has 2 aromatic carbocycles. The third kappa shape index (κ3) is 3.48. The maximum atomic E-state index is 12.6. The van der Waals surface area contributed by atoms with Gasteiger partial charge in [0, 0.05) is 42.4 Å². The van der Waals surface area contributed by atoms with Gasteiger partial charge in [-0.2, -0.15) is 0 Å². The highest BCUT2D eigenvalue weighted by Gasteiger charge is 2.24. The molecule has 126 valence electrons. The number of rotatable bonds is 3. The fourth-order valence-electron chi connectivity index (χ4n) is 2.82. The Balaban J connectivity index is 1.68. The van der Waals surface area contributed by atoms with Crippen LogP contribution < -0.4 is 9.64 Å². The predicted octanol–water partition coefficient (Wildman–Crippen LogP) is 3.13. The Labute approximate surface area is 149 Å². The topological polar surface area (TPSA) is 53.0 Å². The number of phenols is 1. The lowest BCUT2D eigenvalue weighted by molar-refractivity contribution is 0.0743. The van der Waals surface area contributed by atoms with Gasteiger partial charge in [-0.3, -0.25) is 4.79 Å². The molecule has 0 saturated carbocycles. The molecule has 1 aliphatic heterocycles. The van der Waals surface area contributed by atoms with Crippen LogP contribution in [0.15, 0.2) is 46.9 Å². The maximum Gasteiger partial charge on any atom is 0.257 e. The zero-order chi connectivity index (χ0) is 17.1. The van der Waals surface area contributed by atoms with Gasteiger partial charge < -0.3 is 19.6 Å². The predicted molar refractivity (Wildman–Crippen MR) is 96.9 cm³/mol. The SMILES string of the molecule is COc1cccc(N2CCN(C(=O)c3cc(Br)ccc3O)CC2)c1. The first-order valence-electron chi connectivity index (χ1n) is 7.75. The Bertz CT molecular complexity index is 743. The molecule has 0 aliphatic carbocycles. The molecule has 1 aliphatic rings. The summed E-state index contributed by atoms with van der Waals surface area (Å²) in [5.74, 6) is 0.697. The van der Waals surface area contributed by atoms with E-state index in [1.54, 1.807) is 24.1 Å². The van der Waals surface area contributed by atoms with Crippen LogP contribution in [0.25, 0.3) is 0 Å². The summed E-state index contributed by atoms with van der Waals surface area (Å²) in [5, 5.41) is 9.93. The largest absolute Gasteiger partial charge is 0.507 e. The summed E-state index contributed by atoms with van der Waals surface area (Å²) >= 11 is 3.34. The van der Waals surface area contributed by atoms with Crippen molar-refractivity contribution in [2.24, 2.45) is 0 Å². The molecule has 5 nitrogen and oxygen atoms in total. The number of halogens is 1. The van der Waals surface area contributed by atoms with E-state index in [1.807, 2.05) is 24.3 Å². The van der Waals surface area contributed by atoms with Crippen molar-refractivity contribution in [3.05, 3.63) is 52.5 Å². The molecule has 1 amide bonds. The van der Waals surface area contributed by atoms with Gasteiger partial charge in [0.25, 0.3) is 5.91 Å². The van der Waals surface area contributed by atoms with Gasteiger partial charge in [-0.1, -0.05) is 22.0 Å². The number of carbonyl (C=O) groups excluding carboxylic acids is 1. The average molecular weight is 391 g/mol. The molecule has 3 rings (SSSR count). The van der Waals surface area contributed by atoms with Crippen molar-refractivity contribution >= 4 is 27.5 Å². The van der Waals surface area contributed by atoms with Crippen molar-refractivity contribution in [1.29, 1.82) is 0 Å². The zero-order valence-electron chi connectivity index (χ0n) is 13.4. The number of nitrogens with zero attached hydrogens (tertiary/aromatic N) is 2. The van der Waals surface area contributed by atoms with Crippen LogP contribution in [0.1, 0.15) is 10.4 Å². The Morgan fingerprint density at radius 3 is 2.58 bits per heavy atom. The summed E-state index contributed by atoms with van der Waals surface area (Å²) in [7, 11) is 1.65. The van der Waals surface area contributed by atoms with Crippen LogP contribution >= 0.6 is 15.9 Å². The first kappa shape index (κ1) is 16.6. The minimum absolute atomic E-state index is 0.0124. The normalized spacial score (nSPS) is 14.6. The first-order valence-corrected chi connectivity index (χ1v) is 8.54. The quantitative estimate of drug-likeness (QED) is 0.874. The van der Waals surface area contributed by atoms with E-state index >= 15 is 0 Å². The molecule has 1 fully saturated rings. The number of anilines is 1. The molecule has 0 spiro atoms. The van der Waals surface area contributed by atoms with Crippen LogP contribution in [0.5, 0.6) is 11.5 Å². The Morgan fingerprint density at radius 1 is 1.12 bits per heavy atom. The van der Waals surface area contributed by atoms with Gasteiger partial charge >= 0.3 is 0 Å². The molecular formula is C18H19BrN2O3. The molecule has 2 aromatic rings. The lowest BCUT2D eigenvalue weighted by atomic mass is 10.1. The molecule has 1 heterocycles. The number of phenolic OH excluding ortho intramolecular Hbond substituents is 1. The van der Waals surface area contributed by atoms with Crippen LogP contribution in [-0.4, -0.2) is 49.2 Å². The van der Waals surface area contributed by atoms with E-state index in [1.165, 1.54) is 6.07 Å². The average Bonchev–Trinajstić information content (AvgIpc) is 2.63. The molecule has 0 bridgehead atoms. The molecule has 0 atom stereocenters. The maximum absolute atomic E-state index is 12.6. The van der Waals surface area contributed by atoms with E-state index in [4.69, 9.17) is 4.74 Å². The minimum Gasteiger partial charge on any atom is -0.507 e. The number of amides is 1. The number of hydrogen-bond donors (Lipinski definition) is 1. The zero-order valence-corrected chi connectivity index (χ0v) is 15.0. The highest BCUT2D eigenvalue weighted by molar-refractivity contribution is 9.10. The number of ether oxygens (including phenoxy) is 1. The summed E-state index contributed by atoms with van der Waals surface area (Å²) in [6, 6.07) is 12.8. The molecule has 0 aromatic heterocycles. The van der Waals surface area contributed by atoms with E-state index < -0.39 is 0 Å². The van der Waals surface area contributed by atoms with Gasteiger partial charge in [-0.05, 0) is 30.3 Å². The van der Waals surface area contributed by atoms with Crippen LogP contribution in [0, 0.1) is 0 Å². The number of aromatic hydroxyl groups is 1. The smallest absolute Gasteiger partial charge is 0.257 e. The second-order valence-corrected chi connectivity index (χ2v) is 6.56. The van der Waals surface area contributed by atoms with Gasteiger partial charge in [0.15, 0.2) is 0 Å². The lowest BCUT2D eigenvalue weighted by Crippen LogP contribution is -2.48. The summed E-state index contributed by atoms with van der Waals surface area (Å²) in [6.07, 6.45) is 0. The Hall–Kier alpha value is -2.21. The van der Waals surface area contributed by atoms with Crippen LogP contribution in [-0.2, 0) is 0 Å². The fraction of sp³-hybridized carbons (Fsp3) is 0.278. The van der Waals surface area contributed by atoms with Gasteiger partial charge in [0.05, 0.1) is 12.7 Å². The van der Waals surface area contributed by atoms with E-state index in [0.29, 0.717) is 18.7 Å². The number of benzene rings is 2. The molecule has 0 unspecified atom stereocenters. The molecule has 0 radical (unpaired) electrons. The summed E-state index contributed by atoms with van der Waals surface area (Å²) < 4.78 is 6.04. The Morgan fingerprint density at radius 2 is 1.88 bits per heavy atom. The number of hydrogen-bond acceptors (Lipinski definition) is 4. The monoisotopic (exact) mass is 390 g/mol. The Kier molecular flexibility index (Phi) is 4.94. The van der Waals surface area contributed by atoms with Crippen LogP contribution in [0.2, 0.25) is 0 Å². The van der Waals surface area contributed by atoms with E-state index in [-0.39, 0.29) is 11.7 Å². The van der Waals surface area contributed by atoms with Crippen molar-refractivity contribution in [2.75, 3.05) is 38.2 Å². The van der Waals surface area contributed by atoms with Gasteiger partial charge in [-0.15, -0.1) is 0 Å². The van der Waals surface area contributed by atoms with Gasteiger partial charge in [0.1, 0.15) is 11.5 Å². The second kappa shape index (κ2) is 7.13. The van der Waals surface area contributed by atoms with E-state index in [2.05, 4.69) is 20.8 Å². The minimum atomic E-state index is -0.140. The number of carbonyl (C=O) groups is 1. The summed E-state index contributed by atoms with van der Waals surface area (Å²) in [6.45, 7) is 2.71. The van der Waals surface area contributed by atoms with Crippen molar-refractivity contribution in [1.82, 2.24) is 4.90 Å². The molecule has 6 heteroatoms. The third-order valence-electron chi connectivity index (χ3n) is 4.17. The second-order valence-electron chi connectivity index (χ2n) is 5.64. The van der Waals surface area contributed by atoms with Crippen molar-refractivity contribution in [3.63, 3.8) is 0 Å². The highest BCUT2D eigenvalue weighted by atomic mass is 79.9. The molecular weight excluding hydrogens is 372 g/mol. The lowest BCUT2D eigenvalue weighted by Gasteiger charge is -2.36. The standard InChI is InChI=1S/C18H19BrN2O3/c1-24-15-4-2-3-14(12-15)20-7-9-21(10-8-20)18(23)16-11-13(19)5-6-17(16)22/h2-6,11-12,22H,7-10H2,1H3. The summed E-state index contributed by atoms with van der Waals surface area (Å²) in [5.41, 5.74) is 1.42. The molecule has 1 saturated heterocycles. The van der Waals surface area contributed by atoms with E-state index in [0.717, 1.165) is 29.0 Å². The van der Waals surface area contributed by atoms with E-state index in [9.17, 15) is 9.90 Å². The van der Waals surface area contributed by atoms with Crippen molar-refractivity contribution in [2.45, 2.75) is 0 Å². The fourth-order valence-corrected chi connectivity index (χ4v) is 3.19. The first-order chi connectivity index (χ1) is 11.6. The van der Waals surface area contributed by atoms with Gasteiger partial charge in [0.2, 0.25) is 0 Å². The number of piperazine rings is 1. The van der Waals surface area contributed by atoms with Gasteiger partial charge in [-0.25, -0.2) is 0 Å². The van der Waals surface area contributed by atoms with Crippen molar-refractivity contribution < 1.29 is 14.6 Å². The molecule has 1 N–H and O–H groups in total. The third-order valence-corrected chi connectivity index (χ3v) is 4.67.